The van der Waals surface area contributed by atoms with Crippen LogP contribution in [0.2, 0.25) is 4.34 Å². The summed E-state index contributed by atoms with van der Waals surface area (Å²) in [7, 11) is 0. The van der Waals surface area contributed by atoms with E-state index in [2.05, 4.69) is 21.2 Å². The first kappa shape index (κ1) is 15.7. The summed E-state index contributed by atoms with van der Waals surface area (Å²) in [5.41, 5.74) is -0.0557. The van der Waals surface area contributed by atoms with Crippen molar-refractivity contribution in [3.8, 4) is 0 Å². The van der Waals surface area contributed by atoms with Crippen LogP contribution < -0.4 is 5.32 Å². The Hall–Kier alpha value is -1.21. The summed E-state index contributed by atoms with van der Waals surface area (Å²) in [6, 6.07) is 6.77. The third kappa shape index (κ3) is 2.50. The summed E-state index contributed by atoms with van der Waals surface area (Å²) in [5.74, 6) is -0.912. The standard InChI is InChI=1S/C15H11BrClNO3S/c1-7-4-8-13(9(16)5-7)18-14(20)15(8,21)6-10(19)11-2-3-12(17)22-11/h2-5,21H,6H2,1H3,(H,18,20)/t15-/m1/s1. The van der Waals surface area contributed by atoms with Gasteiger partial charge in [0.2, 0.25) is 0 Å². The summed E-state index contributed by atoms with van der Waals surface area (Å²) in [6.45, 7) is 1.86. The fourth-order valence-electron chi connectivity index (χ4n) is 2.49. The number of carbonyl (C=O) groups excluding carboxylic acids is 2. The Morgan fingerprint density at radius 3 is 2.82 bits per heavy atom. The molecule has 0 saturated carbocycles. The van der Waals surface area contributed by atoms with Crippen LogP contribution in [0.1, 0.15) is 27.2 Å². The molecule has 114 valence electrons. The topological polar surface area (TPSA) is 66.4 Å². The molecule has 0 spiro atoms. The van der Waals surface area contributed by atoms with E-state index in [9.17, 15) is 14.7 Å². The van der Waals surface area contributed by atoms with Gasteiger partial charge in [0.1, 0.15) is 0 Å². The molecule has 1 aliphatic rings. The summed E-state index contributed by atoms with van der Waals surface area (Å²) in [4.78, 5) is 25.0. The van der Waals surface area contributed by atoms with Crippen LogP contribution in [0.5, 0.6) is 0 Å². The van der Waals surface area contributed by atoms with Gasteiger partial charge in [-0.3, -0.25) is 9.59 Å². The fourth-order valence-corrected chi connectivity index (χ4v) is 4.15. The van der Waals surface area contributed by atoms with Crippen molar-refractivity contribution in [2.45, 2.75) is 18.9 Å². The van der Waals surface area contributed by atoms with Crippen molar-refractivity contribution < 1.29 is 14.7 Å². The second-order valence-electron chi connectivity index (χ2n) is 5.19. The molecular weight excluding hydrogens is 390 g/mol. The third-order valence-electron chi connectivity index (χ3n) is 3.56. The van der Waals surface area contributed by atoms with Crippen molar-refractivity contribution >= 4 is 56.2 Å². The first-order chi connectivity index (χ1) is 10.3. The van der Waals surface area contributed by atoms with E-state index in [4.69, 9.17) is 11.6 Å². The Morgan fingerprint density at radius 2 is 2.18 bits per heavy atom. The number of hydrogen-bond donors (Lipinski definition) is 2. The van der Waals surface area contributed by atoms with Gasteiger partial charge >= 0.3 is 0 Å². The Morgan fingerprint density at radius 1 is 1.45 bits per heavy atom. The molecule has 2 N–H and O–H groups in total. The van der Waals surface area contributed by atoms with Crippen LogP contribution in [-0.2, 0) is 10.4 Å². The molecule has 0 fully saturated rings. The number of anilines is 1. The number of halogens is 2. The molecule has 1 amide bonds. The number of aryl methyl sites for hydroxylation is 1. The van der Waals surface area contributed by atoms with E-state index in [0.717, 1.165) is 16.9 Å². The van der Waals surface area contributed by atoms with Gasteiger partial charge in [0, 0.05) is 10.0 Å². The second kappa shape index (κ2) is 5.45. The number of nitrogens with one attached hydrogen (secondary N) is 1. The molecule has 2 heterocycles. The maximum absolute atomic E-state index is 12.3. The van der Waals surface area contributed by atoms with Crippen molar-refractivity contribution in [2.24, 2.45) is 0 Å². The molecule has 22 heavy (non-hydrogen) atoms. The predicted molar refractivity (Wildman–Crippen MR) is 89.7 cm³/mol. The quantitative estimate of drug-likeness (QED) is 0.768. The van der Waals surface area contributed by atoms with Gasteiger partial charge in [-0.05, 0) is 46.6 Å². The highest BCUT2D eigenvalue weighted by molar-refractivity contribution is 9.10. The Bertz CT molecular complexity index is 804. The third-order valence-corrected chi connectivity index (χ3v) is 5.46. The van der Waals surface area contributed by atoms with E-state index in [1.807, 2.05) is 13.0 Å². The summed E-state index contributed by atoms with van der Waals surface area (Å²) in [5, 5.41) is 13.5. The zero-order valence-corrected chi connectivity index (χ0v) is 14.6. The molecule has 4 nitrogen and oxygen atoms in total. The number of carbonyl (C=O) groups is 2. The first-order valence-electron chi connectivity index (χ1n) is 6.44. The Kier molecular flexibility index (Phi) is 3.89. The van der Waals surface area contributed by atoms with Crippen LogP contribution >= 0.6 is 38.9 Å². The number of thiophene rings is 1. The number of benzene rings is 1. The van der Waals surface area contributed by atoms with Gasteiger partial charge in [-0.1, -0.05) is 17.7 Å². The zero-order valence-electron chi connectivity index (χ0n) is 11.4. The van der Waals surface area contributed by atoms with E-state index in [-0.39, 0.29) is 12.2 Å². The van der Waals surface area contributed by atoms with E-state index in [0.29, 0.717) is 24.9 Å². The number of hydrogen-bond acceptors (Lipinski definition) is 4. The average Bonchev–Trinajstić information content (AvgIpc) is 2.96. The first-order valence-corrected chi connectivity index (χ1v) is 8.43. The predicted octanol–water partition coefficient (Wildman–Crippen LogP) is 3.89. The number of ketones is 1. The SMILES string of the molecule is Cc1cc(Br)c2c(c1)[C@](O)(CC(=O)c1ccc(Cl)s1)C(=O)N2. The summed E-state index contributed by atoms with van der Waals surface area (Å²) >= 11 is 10.3. The number of Topliss-reactive ketones (excluding diaryl/α,β-unsaturated/α-hetero) is 1. The minimum Gasteiger partial charge on any atom is -0.375 e. The van der Waals surface area contributed by atoms with Crippen molar-refractivity contribution in [1.82, 2.24) is 0 Å². The minimum absolute atomic E-state index is 0.319. The van der Waals surface area contributed by atoms with Gasteiger partial charge in [0.05, 0.1) is 21.3 Å². The Labute approximate surface area is 144 Å². The minimum atomic E-state index is -1.86. The summed E-state index contributed by atoms with van der Waals surface area (Å²) in [6.07, 6.45) is -0.321. The maximum atomic E-state index is 12.3. The van der Waals surface area contributed by atoms with Crippen molar-refractivity contribution in [3.63, 3.8) is 0 Å². The van der Waals surface area contributed by atoms with Crippen LogP contribution in [0.4, 0.5) is 5.69 Å². The highest BCUT2D eigenvalue weighted by atomic mass is 79.9. The average molecular weight is 401 g/mol. The van der Waals surface area contributed by atoms with Gasteiger partial charge in [-0.2, -0.15) is 0 Å². The largest absolute Gasteiger partial charge is 0.375 e. The molecule has 0 aliphatic carbocycles. The molecule has 0 bridgehead atoms. The Balaban J connectivity index is 2.00. The molecule has 3 rings (SSSR count). The fraction of sp³-hybridized carbons (Fsp3) is 0.200. The lowest BCUT2D eigenvalue weighted by molar-refractivity contribution is -0.133. The smallest absolute Gasteiger partial charge is 0.261 e. The molecule has 1 atom stereocenters. The zero-order chi connectivity index (χ0) is 16.1. The number of aliphatic hydroxyl groups is 1. The molecule has 1 aromatic carbocycles. The van der Waals surface area contributed by atoms with Gasteiger partial charge in [0.15, 0.2) is 11.4 Å². The van der Waals surface area contributed by atoms with E-state index >= 15 is 0 Å². The molecule has 0 unspecified atom stereocenters. The molecule has 0 saturated heterocycles. The number of fused-ring (bicyclic) bond motifs is 1. The van der Waals surface area contributed by atoms with Crippen molar-refractivity contribution in [1.29, 1.82) is 0 Å². The molecule has 1 aliphatic heterocycles. The normalized spacial score (nSPS) is 19.9. The van der Waals surface area contributed by atoms with Gasteiger partial charge in [-0.25, -0.2) is 0 Å². The molecule has 2 aromatic rings. The summed E-state index contributed by atoms with van der Waals surface area (Å²) < 4.78 is 1.17. The van der Waals surface area contributed by atoms with Crippen LogP contribution in [0.25, 0.3) is 0 Å². The molecular formula is C15H11BrClNO3S. The van der Waals surface area contributed by atoms with E-state index in [1.165, 1.54) is 0 Å². The lowest BCUT2D eigenvalue weighted by Gasteiger charge is -2.20. The van der Waals surface area contributed by atoms with Crippen LogP contribution in [-0.4, -0.2) is 16.8 Å². The molecule has 0 radical (unpaired) electrons. The van der Waals surface area contributed by atoms with E-state index < -0.39 is 11.5 Å². The lowest BCUT2D eigenvalue weighted by Crippen LogP contribution is -2.36. The molecule has 7 heteroatoms. The van der Waals surface area contributed by atoms with Crippen LogP contribution in [0.15, 0.2) is 28.7 Å². The maximum Gasteiger partial charge on any atom is 0.261 e. The lowest BCUT2D eigenvalue weighted by atomic mass is 9.89. The van der Waals surface area contributed by atoms with Gasteiger partial charge < -0.3 is 10.4 Å². The highest BCUT2D eigenvalue weighted by Crippen LogP contribution is 2.43. The van der Waals surface area contributed by atoms with Crippen molar-refractivity contribution in [2.75, 3.05) is 5.32 Å². The number of rotatable bonds is 3. The number of amides is 1. The monoisotopic (exact) mass is 399 g/mol. The molecule has 1 aromatic heterocycles. The van der Waals surface area contributed by atoms with Gasteiger partial charge in [-0.15, -0.1) is 11.3 Å². The van der Waals surface area contributed by atoms with Gasteiger partial charge in [0.25, 0.3) is 5.91 Å². The van der Waals surface area contributed by atoms with Crippen LogP contribution in [0, 0.1) is 6.92 Å². The second-order valence-corrected chi connectivity index (χ2v) is 7.76. The highest BCUT2D eigenvalue weighted by Gasteiger charge is 2.47. The van der Waals surface area contributed by atoms with Crippen LogP contribution in [0.3, 0.4) is 0 Å². The van der Waals surface area contributed by atoms with Crippen molar-refractivity contribution in [3.05, 3.63) is 49.1 Å². The van der Waals surface area contributed by atoms with E-state index in [1.54, 1.807) is 18.2 Å².